The largest absolute Gasteiger partial charge is 0.508 e. The predicted molar refractivity (Wildman–Crippen MR) is 117 cm³/mol. The van der Waals surface area contributed by atoms with E-state index in [1.807, 2.05) is 42.5 Å². The van der Waals surface area contributed by atoms with Gasteiger partial charge < -0.3 is 14.6 Å². The molecule has 2 saturated heterocycles. The predicted octanol–water partition coefficient (Wildman–Crippen LogP) is 5.93. The number of methoxy groups -OCH3 is 1. The molecule has 2 atom stereocenters. The van der Waals surface area contributed by atoms with Crippen LogP contribution < -0.4 is 4.74 Å². The molecule has 148 valence electrons. The lowest BCUT2D eigenvalue weighted by Gasteiger charge is -2.23. The topological polar surface area (TPSA) is 38.7 Å². The monoisotopic (exact) mass is 386 g/mol. The van der Waals surface area contributed by atoms with Gasteiger partial charge in [-0.2, -0.15) is 0 Å². The summed E-state index contributed by atoms with van der Waals surface area (Å²) in [6.07, 6.45) is 7.54. The van der Waals surface area contributed by atoms with E-state index in [0.29, 0.717) is 12.2 Å². The SMILES string of the molecule is C1CC2CC1O2.COc1ccc(C(=Cc2ccc(O)cc2)c2ccccc2)cc1. The number of phenolic OH excluding ortho intramolecular Hbond substituents is 1. The maximum Gasteiger partial charge on any atom is 0.118 e. The second-order valence-corrected chi connectivity index (χ2v) is 7.44. The summed E-state index contributed by atoms with van der Waals surface area (Å²) in [5.41, 5.74) is 4.42. The number of hydrogen-bond acceptors (Lipinski definition) is 3. The van der Waals surface area contributed by atoms with Crippen molar-refractivity contribution in [1.82, 2.24) is 0 Å². The number of aromatic hydroxyl groups is 1. The van der Waals surface area contributed by atoms with E-state index >= 15 is 0 Å². The van der Waals surface area contributed by atoms with E-state index in [0.717, 1.165) is 28.0 Å². The number of ether oxygens (including phenoxy) is 2. The maximum absolute atomic E-state index is 9.45. The summed E-state index contributed by atoms with van der Waals surface area (Å²) < 4.78 is 10.5. The molecule has 0 radical (unpaired) electrons. The summed E-state index contributed by atoms with van der Waals surface area (Å²) in [5.74, 6) is 1.11. The van der Waals surface area contributed by atoms with Gasteiger partial charge in [-0.15, -0.1) is 0 Å². The molecule has 3 heteroatoms. The van der Waals surface area contributed by atoms with Crippen LogP contribution in [0.2, 0.25) is 0 Å². The van der Waals surface area contributed by atoms with E-state index in [1.165, 1.54) is 19.3 Å². The maximum atomic E-state index is 9.45. The number of hydrogen-bond donors (Lipinski definition) is 1. The van der Waals surface area contributed by atoms with Gasteiger partial charge in [-0.3, -0.25) is 0 Å². The van der Waals surface area contributed by atoms with Crippen LogP contribution in [-0.2, 0) is 4.74 Å². The zero-order valence-corrected chi connectivity index (χ0v) is 16.6. The lowest BCUT2D eigenvalue weighted by atomic mass is 9.95. The Morgan fingerprint density at radius 2 is 1.45 bits per heavy atom. The van der Waals surface area contributed by atoms with Crippen LogP contribution in [0.5, 0.6) is 11.5 Å². The van der Waals surface area contributed by atoms with Crippen LogP contribution in [0.15, 0.2) is 78.9 Å². The van der Waals surface area contributed by atoms with Crippen LogP contribution in [0.25, 0.3) is 11.6 Å². The number of fused-ring (bicyclic) bond motifs is 1. The van der Waals surface area contributed by atoms with Crippen molar-refractivity contribution >= 4 is 11.6 Å². The lowest BCUT2D eigenvalue weighted by Crippen LogP contribution is -2.25. The number of rotatable bonds is 4. The Morgan fingerprint density at radius 3 is 1.97 bits per heavy atom. The highest BCUT2D eigenvalue weighted by Gasteiger charge is 2.36. The van der Waals surface area contributed by atoms with Gasteiger partial charge in [-0.05, 0) is 71.9 Å². The van der Waals surface area contributed by atoms with E-state index < -0.39 is 0 Å². The fourth-order valence-electron chi connectivity index (χ4n) is 3.76. The standard InChI is InChI=1S/C21H18O2.C5H8O/c1-23-20-13-9-18(10-14-20)21(17-5-3-2-4-6-17)15-16-7-11-19(22)12-8-16;1-2-5-3-4(1)6-5/h2-15,22H,1H3;4-5H,1-3H2. The van der Waals surface area contributed by atoms with Crippen molar-refractivity contribution in [3.05, 3.63) is 95.6 Å². The van der Waals surface area contributed by atoms with Gasteiger partial charge in [0.1, 0.15) is 11.5 Å². The van der Waals surface area contributed by atoms with Crippen LogP contribution in [0.3, 0.4) is 0 Å². The van der Waals surface area contributed by atoms with Crippen LogP contribution in [0.4, 0.5) is 0 Å². The highest BCUT2D eigenvalue weighted by molar-refractivity contribution is 5.91. The molecule has 3 aromatic rings. The van der Waals surface area contributed by atoms with Crippen molar-refractivity contribution in [3.63, 3.8) is 0 Å². The third kappa shape index (κ3) is 4.87. The Labute approximate surface area is 172 Å². The van der Waals surface area contributed by atoms with E-state index in [4.69, 9.17) is 9.47 Å². The Kier molecular flexibility index (Phi) is 5.97. The Hall–Kier alpha value is -3.04. The smallest absolute Gasteiger partial charge is 0.118 e. The summed E-state index contributed by atoms with van der Waals surface area (Å²) in [6, 6.07) is 25.5. The van der Waals surface area contributed by atoms with Gasteiger partial charge >= 0.3 is 0 Å². The van der Waals surface area contributed by atoms with Crippen molar-refractivity contribution in [2.75, 3.05) is 7.11 Å². The molecule has 1 N–H and O–H groups in total. The van der Waals surface area contributed by atoms with Gasteiger partial charge in [0, 0.05) is 0 Å². The van der Waals surface area contributed by atoms with E-state index in [9.17, 15) is 5.11 Å². The first-order valence-electron chi connectivity index (χ1n) is 10.1. The molecule has 2 heterocycles. The fourth-order valence-corrected chi connectivity index (χ4v) is 3.76. The van der Waals surface area contributed by atoms with E-state index in [2.05, 4.69) is 30.3 Å². The average Bonchev–Trinajstić information content (AvgIpc) is 3.41. The van der Waals surface area contributed by atoms with Gasteiger partial charge in [0.25, 0.3) is 0 Å². The number of benzene rings is 3. The third-order valence-electron chi connectivity index (χ3n) is 5.41. The lowest BCUT2D eigenvalue weighted by molar-refractivity contribution is -0.0647. The summed E-state index contributed by atoms with van der Waals surface area (Å²) in [7, 11) is 1.67. The molecule has 3 aliphatic rings. The summed E-state index contributed by atoms with van der Waals surface area (Å²) >= 11 is 0. The van der Waals surface area contributed by atoms with Gasteiger partial charge in [-0.1, -0.05) is 54.6 Å². The molecule has 2 aliphatic heterocycles. The number of phenols is 1. The van der Waals surface area contributed by atoms with Crippen LogP contribution in [-0.4, -0.2) is 24.4 Å². The molecule has 29 heavy (non-hydrogen) atoms. The van der Waals surface area contributed by atoms with Crippen molar-refractivity contribution in [1.29, 1.82) is 0 Å². The first-order valence-corrected chi connectivity index (χ1v) is 10.1. The van der Waals surface area contributed by atoms with Gasteiger partial charge in [0.15, 0.2) is 0 Å². The minimum Gasteiger partial charge on any atom is -0.508 e. The Bertz CT molecular complexity index is 924. The molecule has 3 nitrogen and oxygen atoms in total. The van der Waals surface area contributed by atoms with E-state index in [-0.39, 0.29) is 5.75 Å². The molecule has 0 amide bonds. The molecule has 1 aliphatic carbocycles. The summed E-state index contributed by atoms with van der Waals surface area (Å²) in [4.78, 5) is 0. The van der Waals surface area contributed by atoms with E-state index in [1.54, 1.807) is 19.2 Å². The second-order valence-electron chi connectivity index (χ2n) is 7.44. The van der Waals surface area contributed by atoms with Crippen molar-refractivity contribution in [2.24, 2.45) is 0 Å². The highest BCUT2D eigenvalue weighted by atomic mass is 16.5. The quantitative estimate of drug-likeness (QED) is 0.565. The fraction of sp³-hybridized carbons (Fsp3) is 0.231. The molecule has 6 rings (SSSR count). The van der Waals surface area contributed by atoms with Gasteiger partial charge in [-0.25, -0.2) is 0 Å². The Morgan fingerprint density at radius 1 is 0.862 bits per heavy atom. The zero-order chi connectivity index (χ0) is 20.1. The molecule has 2 bridgehead atoms. The van der Waals surface area contributed by atoms with Crippen molar-refractivity contribution < 1.29 is 14.6 Å². The molecule has 2 unspecified atom stereocenters. The first-order chi connectivity index (χ1) is 14.2. The molecule has 0 spiro atoms. The minimum atomic E-state index is 0.271. The molecule has 3 fully saturated rings. The Balaban J connectivity index is 0.000000286. The highest BCUT2D eigenvalue weighted by Crippen LogP contribution is 2.36. The first kappa shape index (κ1) is 19.3. The molecule has 1 saturated carbocycles. The molecular weight excluding hydrogens is 360 g/mol. The third-order valence-corrected chi connectivity index (χ3v) is 5.41. The molecular formula is C26H26O3. The summed E-state index contributed by atoms with van der Waals surface area (Å²) in [6.45, 7) is 0. The zero-order valence-electron chi connectivity index (χ0n) is 16.6. The van der Waals surface area contributed by atoms with Crippen LogP contribution >= 0.6 is 0 Å². The molecule has 0 aromatic heterocycles. The van der Waals surface area contributed by atoms with Crippen LogP contribution in [0, 0.1) is 0 Å². The second kappa shape index (κ2) is 8.97. The van der Waals surface area contributed by atoms with Crippen molar-refractivity contribution in [2.45, 2.75) is 31.5 Å². The average molecular weight is 386 g/mol. The van der Waals surface area contributed by atoms with Crippen LogP contribution in [0.1, 0.15) is 36.0 Å². The summed E-state index contributed by atoms with van der Waals surface area (Å²) in [5, 5.41) is 9.45. The minimum absolute atomic E-state index is 0.271. The molecule has 3 aromatic carbocycles. The normalized spacial score (nSPS) is 19.7. The van der Waals surface area contributed by atoms with Gasteiger partial charge in [0.2, 0.25) is 0 Å². The van der Waals surface area contributed by atoms with Crippen molar-refractivity contribution in [3.8, 4) is 11.5 Å². The van der Waals surface area contributed by atoms with Gasteiger partial charge in [0.05, 0.1) is 19.3 Å².